The summed E-state index contributed by atoms with van der Waals surface area (Å²) >= 11 is 0. The predicted octanol–water partition coefficient (Wildman–Crippen LogP) is 2.75. The Bertz CT molecular complexity index is 574. The first-order valence-corrected chi connectivity index (χ1v) is 8.31. The van der Waals surface area contributed by atoms with Crippen molar-refractivity contribution in [1.29, 1.82) is 0 Å². The van der Waals surface area contributed by atoms with E-state index in [-0.39, 0.29) is 18.6 Å². The molecule has 0 bridgehead atoms. The van der Waals surface area contributed by atoms with E-state index in [1.807, 2.05) is 12.1 Å². The van der Waals surface area contributed by atoms with Gasteiger partial charge in [-0.2, -0.15) is 0 Å². The molecule has 0 heterocycles. The van der Waals surface area contributed by atoms with Crippen molar-refractivity contribution >= 4 is 12.1 Å². The van der Waals surface area contributed by atoms with Crippen LogP contribution in [0.25, 0.3) is 0 Å². The van der Waals surface area contributed by atoms with Crippen molar-refractivity contribution in [3.05, 3.63) is 23.8 Å². The summed E-state index contributed by atoms with van der Waals surface area (Å²) in [5.74, 6) is 1.58. The summed E-state index contributed by atoms with van der Waals surface area (Å²) < 4.78 is 10.5. The lowest BCUT2D eigenvalue weighted by atomic mass is 9.86. The van der Waals surface area contributed by atoms with Crippen LogP contribution in [0.15, 0.2) is 23.4 Å². The third kappa shape index (κ3) is 4.88. The zero-order valence-electron chi connectivity index (χ0n) is 14.6. The lowest BCUT2D eigenvalue weighted by molar-refractivity contribution is -0.126. The first kappa shape index (κ1) is 18.1. The predicted molar refractivity (Wildman–Crippen MR) is 92.7 cm³/mol. The minimum Gasteiger partial charge on any atom is -0.493 e. The number of oxime groups is 1. The van der Waals surface area contributed by atoms with E-state index < -0.39 is 0 Å². The lowest BCUT2D eigenvalue weighted by Crippen LogP contribution is -2.42. The zero-order valence-corrected chi connectivity index (χ0v) is 14.6. The molecule has 1 aromatic carbocycles. The van der Waals surface area contributed by atoms with Gasteiger partial charge in [0.1, 0.15) is 0 Å². The highest BCUT2D eigenvalue weighted by Crippen LogP contribution is 2.29. The third-order valence-electron chi connectivity index (χ3n) is 4.35. The quantitative estimate of drug-likeness (QED) is 0.615. The topological polar surface area (TPSA) is 69.2 Å². The van der Waals surface area contributed by atoms with Crippen LogP contribution in [-0.2, 0) is 9.63 Å². The molecule has 0 saturated heterocycles. The molecule has 2 rings (SSSR count). The van der Waals surface area contributed by atoms with Gasteiger partial charge in [0, 0.05) is 11.6 Å². The van der Waals surface area contributed by atoms with Gasteiger partial charge in [-0.1, -0.05) is 31.0 Å². The normalized spacial score (nSPS) is 20.6. The van der Waals surface area contributed by atoms with Gasteiger partial charge in [-0.05, 0) is 30.9 Å². The molecule has 2 atom stereocenters. The van der Waals surface area contributed by atoms with Gasteiger partial charge in [0.05, 0.1) is 20.4 Å². The highest BCUT2D eigenvalue weighted by molar-refractivity contribution is 5.84. The Morgan fingerprint density at radius 2 is 2.08 bits per heavy atom. The smallest absolute Gasteiger partial charge is 0.261 e. The van der Waals surface area contributed by atoms with Crippen LogP contribution in [0.4, 0.5) is 0 Å². The molecule has 1 amide bonds. The Labute approximate surface area is 143 Å². The van der Waals surface area contributed by atoms with Crippen LogP contribution in [0.3, 0.4) is 0 Å². The Balaban J connectivity index is 1.83. The molecule has 1 aromatic rings. The molecule has 1 aliphatic rings. The highest BCUT2D eigenvalue weighted by atomic mass is 16.6. The number of hydrogen-bond acceptors (Lipinski definition) is 5. The summed E-state index contributed by atoms with van der Waals surface area (Å²) in [7, 11) is 3.14. The standard InChI is InChI=1S/C18H26N2O4/c1-13-7-4-5-9-15(13)20-17(21)12-24-19-11-14-8-6-10-16(22-2)18(14)23-3/h6,8,10-11,13,15H,4-5,7,9,12H2,1-3H3,(H,20,21)/b19-11-/t13-,15-/m0/s1. The maximum absolute atomic E-state index is 11.9. The van der Waals surface area contributed by atoms with Gasteiger partial charge < -0.3 is 19.6 Å². The number of carbonyl (C=O) groups is 1. The summed E-state index contributed by atoms with van der Waals surface area (Å²) in [4.78, 5) is 17.0. The van der Waals surface area contributed by atoms with Gasteiger partial charge >= 0.3 is 0 Å². The SMILES string of the molecule is COc1cccc(/C=N\OCC(=O)N[C@H]2CCCC[C@@H]2C)c1OC. The molecular formula is C18H26N2O4. The number of para-hydroxylation sites is 1. The van der Waals surface area contributed by atoms with E-state index >= 15 is 0 Å². The van der Waals surface area contributed by atoms with Crippen LogP contribution in [0.2, 0.25) is 0 Å². The maximum atomic E-state index is 11.9. The molecule has 1 fully saturated rings. The van der Waals surface area contributed by atoms with Crippen molar-refractivity contribution in [1.82, 2.24) is 5.32 Å². The van der Waals surface area contributed by atoms with E-state index in [0.717, 1.165) is 12.0 Å². The van der Waals surface area contributed by atoms with E-state index in [2.05, 4.69) is 17.4 Å². The molecule has 1 aliphatic carbocycles. The number of nitrogens with one attached hydrogen (secondary N) is 1. The van der Waals surface area contributed by atoms with Crippen LogP contribution >= 0.6 is 0 Å². The Morgan fingerprint density at radius 3 is 2.79 bits per heavy atom. The van der Waals surface area contributed by atoms with Crippen molar-refractivity contribution in [2.45, 2.75) is 38.6 Å². The van der Waals surface area contributed by atoms with Crippen molar-refractivity contribution in [3.63, 3.8) is 0 Å². The molecule has 6 heteroatoms. The van der Waals surface area contributed by atoms with E-state index in [9.17, 15) is 4.79 Å². The van der Waals surface area contributed by atoms with Crippen molar-refractivity contribution in [2.24, 2.45) is 11.1 Å². The molecule has 0 radical (unpaired) electrons. The molecule has 0 spiro atoms. The number of benzene rings is 1. The maximum Gasteiger partial charge on any atom is 0.261 e. The van der Waals surface area contributed by atoms with Crippen LogP contribution in [0, 0.1) is 5.92 Å². The Morgan fingerprint density at radius 1 is 1.29 bits per heavy atom. The fourth-order valence-electron chi connectivity index (χ4n) is 2.98. The monoisotopic (exact) mass is 334 g/mol. The van der Waals surface area contributed by atoms with Gasteiger partial charge in [0.25, 0.3) is 5.91 Å². The first-order chi connectivity index (χ1) is 11.7. The Hall–Kier alpha value is -2.24. The summed E-state index contributed by atoms with van der Waals surface area (Å²) in [6, 6.07) is 5.71. The van der Waals surface area contributed by atoms with Crippen molar-refractivity contribution in [2.75, 3.05) is 20.8 Å². The third-order valence-corrected chi connectivity index (χ3v) is 4.35. The van der Waals surface area contributed by atoms with Crippen molar-refractivity contribution in [3.8, 4) is 11.5 Å². The summed E-state index contributed by atoms with van der Waals surface area (Å²) in [6.07, 6.45) is 6.13. The van der Waals surface area contributed by atoms with E-state index in [0.29, 0.717) is 17.4 Å². The second-order valence-electron chi connectivity index (χ2n) is 6.03. The number of rotatable bonds is 7. The zero-order chi connectivity index (χ0) is 17.4. The second kappa shape index (κ2) is 9.15. The van der Waals surface area contributed by atoms with E-state index in [1.54, 1.807) is 20.3 Å². The van der Waals surface area contributed by atoms with Gasteiger partial charge in [0.15, 0.2) is 18.1 Å². The van der Waals surface area contributed by atoms with Crippen molar-refractivity contribution < 1.29 is 19.1 Å². The fraction of sp³-hybridized carbons (Fsp3) is 0.556. The van der Waals surface area contributed by atoms with Crippen LogP contribution < -0.4 is 14.8 Å². The average Bonchev–Trinajstić information content (AvgIpc) is 2.60. The van der Waals surface area contributed by atoms with Gasteiger partial charge in [-0.25, -0.2) is 0 Å². The summed E-state index contributed by atoms with van der Waals surface area (Å²) in [5, 5.41) is 6.88. The highest BCUT2D eigenvalue weighted by Gasteiger charge is 2.22. The molecule has 0 unspecified atom stereocenters. The fourth-order valence-corrected chi connectivity index (χ4v) is 2.98. The molecule has 1 saturated carbocycles. The molecule has 132 valence electrons. The minimum atomic E-state index is -0.136. The van der Waals surface area contributed by atoms with Crippen LogP contribution in [0.5, 0.6) is 11.5 Å². The number of methoxy groups -OCH3 is 2. The second-order valence-corrected chi connectivity index (χ2v) is 6.03. The summed E-state index contributed by atoms with van der Waals surface area (Å²) in [6.45, 7) is 2.09. The van der Waals surface area contributed by atoms with Gasteiger partial charge in [-0.15, -0.1) is 0 Å². The minimum absolute atomic E-state index is 0.0913. The molecule has 0 aromatic heterocycles. The van der Waals surface area contributed by atoms with Gasteiger partial charge in [0.2, 0.25) is 0 Å². The number of ether oxygens (including phenoxy) is 2. The number of carbonyl (C=O) groups excluding carboxylic acids is 1. The lowest BCUT2D eigenvalue weighted by Gasteiger charge is -2.29. The molecule has 6 nitrogen and oxygen atoms in total. The molecule has 0 aliphatic heterocycles. The molecule has 1 N–H and O–H groups in total. The molecule has 24 heavy (non-hydrogen) atoms. The van der Waals surface area contributed by atoms with Crippen LogP contribution in [-0.4, -0.2) is 39.0 Å². The summed E-state index contributed by atoms with van der Waals surface area (Å²) in [5.41, 5.74) is 0.721. The van der Waals surface area contributed by atoms with E-state index in [4.69, 9.17) is 14.3 Å². The Kier molecular flexibility index (Phi) is 6.90. The van der Waals surface area contributed by atoms with Gasteiger partial charge in [-0.3, -0.25) is 4.79 Å². The number of nitrogens with zero attached hydrogens (tertiary/aromatic N) is 1. The first-order valence-electron chi connectivity index (χ1n) is 8.31. The number of hydrogen-bond donors (Lipinski definition) is 1. The largest absolute Gasteiger partial charge is 0.493 e. The van der Waals surface area contributed by atoms with E-state index in [1.165, 1.54) is 25.5 Å². The van der Waals surface area contributed by atoms with Crippen LogP contribution in [0.1, 0.15) is 38.2 Å². The average molecular weight is 334 g/mol. The molecular weight excluding hydrogens is 308 g/mol. The number of amides is 1.